The van der Waals surface area contributed by atoms with Gasteiger partial charge in [-0.3, -0.25) is 0 Å². The summed E-state index contributed by atoms with van der Waals surface area (Å²) in [5, 5.41) is 56.1. The average molecular weight is 346 g/mol. The number of ether oxygens (including phenoxy) is 3. The Balaban J connectivity index is 2.07. The predicted octanol–water partition coefficient (Wildman–Crippen LogP) is -3.44. The molecule has 136 valence electrons. The molecule has 2 fully saturated rings. The van der Waals surface area contributed by atoms with Crippen molar-refractivity contribution >= 4 is 0 Å². The number of hydrogen-bond acceptors (Lipinski definition) is 9. The predicted molar refractivity (Wildman–Crippen MR) is 66.4 cm³/mol. The molecule has 6 N–H and O–H groups in total. The van der Waals surface area contributed by atoms with Crippen LogP contribution in [0.1, 0.15) is 0 Å². The maximum Gasteiger partial charge on any atom is 0.195 e. The van der Waals surface area contributed by atoms with Crippen LogP contribution >= 0.6 is 0 Å². The van der Waals surface area contributed by atoms with Gasteiger partial charge in [0.1, 0.15) is 36.6 Å². The molecule has 0 saturated carbocycles. The minimum atomic E-state index is -2.28. The zero-order valence-corrected chi connectivity index (χ0v) is 11.9. The van der Waals surface area contributed by atoms with E-state index < -0.39 is 74.8 Å². The summed E-state index contributed by atoms with van der Waals surface area (Å²) >= 11 is 0. The van der Waals surface area contributed by atoms with Gasteiger partial charge >= 0.3 is 0 Å². The zero-order chi connectivity index (χ0) is 17.3. The lowest BCUT2D eigenvalue weighted by Crippen LogP contribution is -2.62. The number of alkyl halides is 2. The fraction of sp³-hybridized carbons (Fsp3) is 1.00. The summed E-state index contributed by atoms with van der Waals surface area (Å²) in [5.41, 5.74) is 0. The van der Waals surface area contributed by atoms with Gasteiger partial charge in [-0.2, -0.15) is 0 Å². The lowest BCUT2D eigenvalue weighted by molar-refractivity contribution is -0.363. The van der Waals surface area contributed by atoms with E-state index in [1.807, 2.05) is 0 Å². The molecule has 2 heterocycles. The first-order valence-electron chi connectivity index (χ1n) is 7.00. The van der Waals surface area contributed by atoms with Crippen molar-refractivity contribution in [1.82, 2.24) is 0 Å². The van der Waals surface area contributed by atoms with Crippen LogP contribution < -0.4 is 0 Å². The van der Waals surface area contributed by atoms with Crippen molar-refractivity contribution in [2.75, 3.05) is 13.2 Å². The monoisotopic (exact) mass is 346 g/mol. The van der Waals surface area contributed by atoms with Crippen LogP contribution in [-0.2, 0) is 14.2 Å². The summed E-state index contributed by atoms with van der Waals surface area (Å²) in [6.45, 7) is -1.51. The van der Waals surface area contributed by atoms with Crippen molar-refractivity contribution < 1.29 is 53.6 Å². The number of hydrogen-bond donors (Lipinski definition) is 6. The van der Waals surface area contributed by atoms with Gasteiger partial charge in [-0.05, 0) is 0 Å². The highest BCUT2D eigenvalue weighted by Gasteiger charge is 2.50. The van der Waals surface area contributed by atoms with Crippen LogP contribution in [0, 0.1) is 0 Å². The highest BCUT2D eigenvalue weighted by molar-refractivity contribution is 4.92. The van der Waals surface area contributed by atoms with E-state index >= 15 is 0 Å². The van der Waals surface area contributed by atoms with Crippen LogP contribution in [-0.4, -0.2) is 105 Å². The van der Waals surface area contributed by atoms with Crippen LogP contribution in [0.25, 0.3) is 0 Å². The Morgan fingerprint density at radius 1 is 0.696 bits per heavy atom. The van der Waals surface area contributed by atoms with E-state index in [1.54, 1.807) is 0 Å². The highest BCUT2D eigenvalue weighted by Crippen LogP contribution is 2.30. The quantitative estimate of drug-likeness (QED) is 0.306. The Hall–Kier alpha value is -0.500. The van der Waals surface area contributed by atoms with Crippen molar-refractivity contribution in [3.05, 3.63) is 0 Å². The van der Waals surface area contributed by atoms with Crippen LogP contribution in [0.15, 0.2) is 0 Å². The molecule has 2 aliphatic rings. The van der Waals surface area contributed by atoms with Crippen molar-refractivity contribution in [2.45, 2.75) is 61.5 Å². The molecule has 4 unspecified atom stereocenters. The Kier molecular flexibility index (Phi) is 6.22. The first-order valence-corrected chi connectivity index (χ1v) is 7.00. The average Bonchev–Trinajstić information content (AvgIpc) is 2.55. The van der Waals surface area contributed by atoms with Crippen molar-refractivity contribution in [2.24, 2.45) is 0 Å². The molecule has 0 amide bonds. The zero-order valence-electron chi connectivity index (χ0n) is 11.9. The van der Waals surface area contributed by atoms with E-state index in [9.17, 15) is 29.2 Å². The summed E-state index contributed by atoms with van der Waals surface area (Å²) < 4.78 is 42.6. The number of aliphatic hydroxyl groups is 6. The summed E-state index contributed by atoms with van der Waals surface area (Å²) in [6, 6.07) is 0. The molecule has 0 aromatic heterocycles. The van der Waals surface area contributed by atoms with Crippen LogP contribution in [0.2, 0.25) is 0 Å². The first-order chi connectivity index (χ1) is 10.8. The van der Waals surface area contributed by atoms with E-state index in [0.29, 0.717) is 0 Å². The summed E-state index contributed by atoms with van der Waals surface area (Å²) in [5.74, 6) is 0. The summed E-state index contributed by atoms with van der Waals surface area (Å²) in [6.07, 6.45) is -18.4. The third-order valence-electron chi connectivity index (χ3n) is 3.88. The van der Waals surface area contributed by atoms with E-state index in [0.717, 1.165) is 0 Å². The molecule has 0 aliphatic carbocycles. The van der Waals surface area contributed by atoms with Crippen molar-refractivity contribution in [3.63, 3.8) is 0 Å². The van der Waals surface area contributed by atoms with Gasteiger partial charge < -0.3 is 44.8 Å². The molecular formula is C12H20F2O9. The van der Waals surface area contributed by atoms with Gasteiger partial charge in [-0.1, -0.05) is 0 Å². The minimum Gasteiger partial charge on any atom is -0.394 e. The second kappa shape index (κ2) is 7.59. The normalized spacial score (nSPS) is 51.7. The maximum absolute atomic E-state index is 14.0. The van der Waals surface area contributed by atoms with Gasteiger partial charge in [-0.25, -0.2) is 8.78 Å². The smallest absolute Gasteiger partial charge is 0.195 e. The summed E-state index contributed by atoms with van der Waals surface area (Å²) in [7, 11) is 0. The van der Waals surface area contributed by atoms with Crippen molar-refractivity contribution in [3.8, 4) is 0 Å². The van der Waals surface area contributed by atoms with Crippen LogP contribution in [0.5, 0.6) is 0 Å². The topological polar surface area (TPSA) is 149 Å². The van der Waals surface area contributed by atoms with Gasteiger partial charge in [0.15, 0.2) is 24.9 Å². The summed E-state index contributed by atoms with van der Waals surface area (Å²) in [4.78, 5) is 0. The molecule has 0 aromatic rings. The Morgan fingerprint density at radius 3 is 1.35 bits per heavy atom. The van der Waals surface area contributed by atoms with Crippen molar-refractivity contribution in [1.29, 1.82) is 0 Å². The molecule has 9 nitrogen and oxygen atoms in total. The molecule has 2 aliphatic heterocycles. The Labute approximate surface area is 129 Å². The van der Waals surface area contributed by atoms with E-state index in [4.69, 9.17) is 24.4 Å². The van der Waals surface area contributed by atoms with Crippen LogP contribution in [0.3, 0.4) is 0 Å². The number of rotatable bonds is 4. The third-order valence-corrected chi connectivity index (χ3v) is 3.88. The van der Waals surface area contributed by atoms with Crippen LogP contribution in [0.4, 0.5) is 8.78 Å². The molecule has 0 aromatic carbocycles. The molecular weight excluding hydrogens is 326 g/mol. The largest absolute Gasteiger partial charge is 0.394 e. The van der Waals surface area contributed by atoms with Gasteiger partial charge in [0.05, 0.1) is 13.2 Å². The molecule has 2 saturated heterocycles. The van der Waals surface area contributed by atoms with Gasteiger partial charge in [0.25, 0.3) is 0 Å². The van der Waals surface area contributed by atoms with Gasteiger partial charge in [0.2, 0.25) is 0 Å². The third kappa shape index (κ3) is 3.62. The van der Waals surface area contributed by atoms with Gasteiger partial charge in [0, 0.05) is 0 Å². The molecule has 10 atom stereocenters. The lowest BCUT2D eigenvalue weighted by Gasteiger charge is -2.43. The fourth-order valence-electron chi connectivity index (χ4n) is 2.44. The highest BCUT2D eigenvalue weighted by atomic mass is 19.1. The number of aliphatic hydroxyl groups excluding tert-OH is 6. The molecule has 0 radical (unpaired) electrons. The second-order valence-corrected chi connectivity index (χ2v) is 5.44. The maximum atomic E-state index is 14.0. The van der Waals surface area contributed by atoms with Gasteiger partial charge in [-0.15, -0.1) is 0 Å². The molecule has 23 heavy (non-hydrogen) atoms. The Morgan fingerprint density at radius 2 is 1.04 bits per heavy atom. The van der Waals surface area contributed by atoms with E-state index in [2.05, 4.69) is 0 Å². The van der Waals surface area contributed by atoms with E-state index in [-0.39, 0.29) is 0 Å². The number of halogens is 2. The Bertz CT molecular complexity index is 352. The lowest BCUT2D eigenvalue weighted by atomic mass is 9.99. The SMILES string of the molecule is OCC1O[C@H](O[C@H]2O[C@H](CO)[C@@H](O)C(O)C2F)C(F)[C@@H](O)[C@@H]1O. The molecule has 2 rings (SSSR count). The minimum absolute atomic E-state index is 0.754. The second-order valence-electron chi connectivity index (χ2n) is 5.44. The van der Waals surface area contributed by atoms with E-state index in [1.165, 1.54) is 0 Å². The molecule has 0 bridgehead atoms. The fourth-order valence-corrected chi connectivity index (χ4v) is 2.44. The first kappa shape index (κ1) is 18.8. The molecule has 0 spiro atoms. The standard InChI is InChI=1S/C12H20F2O9/c13-5-9(19)7(17)3(1-15)21-11(5)23-12-6(14)10(20)8(18)4(2-16)22-12/h3-12,15-20H,1-2H2/t3-,4?,5?,6?,7-,8-,9?,10-,11-,12-/m1/s1. The molecule has 11 heteroatoms.